The van der Waals surface area contributed by atoms with Crippen LogP contribution >= 0.6 is 11.6 Å². The van der Waals surface area contributed by atoms with Crippen molar-refractivity contribution in [2.24, 2.45) is 0 Å². The fraction of sp³-hybridized carbons (Fsp3) is 0.625. The number of pyridine rings is 1. The Kier molecular flexibility index (Phi) is 11.4. The van der Waals surface area contributed by atoms with Crippen LogP contribution in [-0.2, 0) is 32.0 Å². The van der Waals surface area contributed by atoms with Crippen molar-refractivity contribution < 1.29 is 47.9 Å². The SMILES string of the molecule is CC(C)[Si]1(C(C)C)OC[C@H]2O[C@@H](n3ncc4c(N[C@@H](C)c5ccccc5F)cc(Cl)nc43)[C@@H](OS(=O)(=O)C(F)(F)F)C2O[Si](C(C)C)(C(C)C)O1. The second-order valence-electron chi connectivity index (χ2n) is 14.3. The third-order valence-electron chi connectivity index (χ3n) is 9.66. The van der Waals surface area contributed by atoms with Gasteiger partial charge in [0.15, 0.2) is 18.0 Å². The summed E-state index contributed by atoms with van der Waals surface area (Å²) in [6.45, 7) is 17.3. The number of ether oxygens (including phenoxy) is 1. The van der Waals surface area contributed by atoms with Gasteiger partial charge in [0.05, 0.1) is 29.9 Å². The zero-order valence-electron chi connectivity index (χ0n) is 29.9. The molecule has 0 aliphatic carbocycles. The molecule has 284 valence electrons. The number of benzene rings is 1. The van der Waals surface area contributed by atoms with Gasteiger partial charge in [-0.2, -0.15) is 26.7 Å². The fourth-order valence-corrected chi connectivity index (χ4v) is 19.1. The van der Waals surface area contributed by atoms with Crippen LogP contribution in [0.15, 0.2) is 36.5 Å². The van der Waals surface area contributed by atoms with Crippen LogP contribution in [0.5, 0.6) is 0 Å². The van der Waals surface area contributed by atoms with E-state index in [2.05, 4.69) is 15.4 Å². The van der Waals surface area contributed by atoms with Crippen LogP contribution in [-0.4, -0.2) is 70.7 Å². The summed E-state index contributed by atoms with van der Waals surface area (Å²) in [5.74, 6) is -0.431. The van der Waals surface area contributed by atoms with E-state index < -0.39 is 69.1 Å². The Morgan fingerprint density at radius 3 is 2.18 bits per heavy atom. The van der Waals surface area contributed by atoms with E-state index in [4.69, 9.17) is 33.5 Å². The monoisotopic (exact) mass is 796 g/mol. The molecule has 0 amide bonds. The number of aromatic nitrogens is 3. The lowest BCUT2D eigenvalue weighted by Crippen LogP contribution is -2.66. The van der Waals surface area contributed by atoms with Gasteiger partial charge in [0.2, 0.25) is 0 Å². The summed E-state index contributed by atoms with van der Waals surface area (Å²) in [4.78, 5) is 4.39. The third-order valence-corrected chi connectivity index (χ3v) is 21.1. The number of anilines is 1. The Labute approximate surface area is 302 Å². The first kappa shape index (κ1) is 40.0. The lowest BCUT2D eigenvalue weighted by Gasteiger charge is -2.51. The summed E-state index contributed by atoms with van der Waals surface area (Å²) in [5, 5.41) is 7.94. The van der Waals surface area contributed by atoms with E-state index in [-0.39, 0.29) is 39.6 Å². The minimum atomic E-state index is -6.18. The average molecular weight is 797 g/mol. The van der Waals surface area contributed by atoms with Gasteiger partial charge in [-0.05, 0) is 41.2 Å². The summed E-state index contributed by atoms with van der Waals surface area (Å²) in [6, 6.07) is 7.17. The molecule has 19 heteroatoms. The van der Waals surface area contributed by atoms with Crippen LogP contribution in [0, 0.1) is 5.82 Å². The first-order valence-electron chi connectivity index (χ1n) is 16.9. The number of hydrogen-bond donors (Lipinski definition) is 1. The number of nitrogens with zero attached hydrogens (tertiary/aromatic N) is 3. The molecular weight excluding hydrogens is 752 g/mol. The van der Waals surface area contributed by atoms with Gasteiger partial charge >= 0.3 is 32.7 Å². The minimum absolute atomic E-state index is 0.0273. The Morgan fingerprint density at radius 2 is 1.61 bits per heavy atom. The number of fused-ring (bicyclic) bond motifs is 2. The minimum Gasteiger partial charge on any atom is -0.414 e. The van der Waals surface area contributed by atoms with Crippen LogP contribution < -0.4 is 5.32 Å². The van der Waals surface area contributed by atoms with Crippen molar-refractivity contribution in [3.8, 4) is 0 Å². The van der Waals surface area contributed by atoms with Gasteiger partial charge in [0.25, 0.3) is 0 Å². The predicted molar refractivity (Wildman–Crippen MR) is 189 cm³/mol. The molecule has 2 fully saturated rings. The molecule has 51 heavy (non-hydrogen) atoms. The second-order valence-corrected chi connectivity index (χ2v) is 25.1. The fourth-order valence-electron chi connectivity index (χ4n) is 7.05. The van der Waals surface area contributed by atoms with Gasteiger partial charge in [-0.15, -0.1) is 0 Å². The summed E-state index contributed by atoms with van der Waals surface area (Å²) >= 11 is 6.45. The van der Waals surface area contributed by atoms with E-state index in [0.717, 1.165) is 4.68 Å². The lowest BCUT2D eigenvalue weighted by atomic mass is 10.1. The van der Waals surface area contributed by atoms with E-state index in [1.807, 2.05) is 55.4 Å². The normalized spacial score (nSPS) is 24.7. The molecule has 2 aliphatic rings. The zero-order valence-corrected chi connectivity index (χ0v) is 33.4. The molecule has 3 aromatic rings. The molecule has 0 spiro atoms. The number of alkyl halides is 3. The second kappa shape index (κ2) is 14.6. The number of hydrogen-bond acceptors (Lipinski definition) is 10. The first-order chi connectivity index (χ1) is 23.6. The van der Waals surface area contributed by atoms with Crippen molar-refractivity contribution in [2.75, 3.05) is 11.9 Å². The Morgan fingerprint density at radius 1 is 1.00 bits per heavy atom. The molecule has 1 N–H and O–H groups in total. The summed E-state index contributed by atoms with van der Waals surface area (Å²) in [5.41, 5.74) is -5.51. The van der Waals surface area contributed by atoms with E-state index in [9.17, 15) is 26.0 Å². The van der Waals surface area contributed by atoms with Crippen LogP contribution in [0.3, 0.4) is 0 Å². The van der Waals surface area contributed by atoms with E-state index in [1.54, 1.807) is 25.1 Å². The zero-order chi connectivity index (χ0) is 37.8. The Hall–Kier alpha value is -2.17. The highest BCUT2D eigenvalue weighted by Gasteiger charge is 2.64. The molecule has 5 rings (SSSR count). The molecule has 2 aromatic heterocycles. The lowest BCUT2D eigenvalue weighted by molar-refractivity contribution is -0.0716. The quantitative estimate of drug-likeness (QED) is 0.0703. The van der Waals surface area contributed by atoms with Crippen molar-refractivity contribution in [1.82, 2.24) is 14.8 Å². The standard InChI is InChI=1S/C32H45ClF4N4O7SSi2/c1-17(2)50(18(3)4)44-16-26-28(47-51(48-50,19(5)6)20(7)8)29(46-49(42,43)32(35,36)37)31(45-26)41-30-23(15-38-41)25(14-27(33)40-30)39-21(9)22-12-10-11-13-24(22)34/h10-15,17-21,26,28-29,31H,16H2,1-9H3,(H,39,40)/t21-,26+,28?,29-,31+/m0/s1. The number of rotatable bonds is 10. The average Bonchev–Trinajstić information content (AvgIpc) is 3.56. The largest absolute Gasteiger partial charge is 0.523 e. The highest BCUT2D eigenvalue weighted by Crippen LogP contribution is 2.50. The first-order valence-corrected chi connectivity index (χ1v) is 22.6. The maximum absolute atomic E-state index is 14.6. The topological polar surface area (TPSA) is 123 Å². The maximum atomic E-state index is 14.6. The van der Waals surface area contributed by atoms with Crippen molar-refractivity contribution in [3.63, 3.8) is 0 Å². The highest BCUT2D eigenvalue weighted by molar-refractivity contribution is 7.87. The van der Waals surface area contributed by atoms with Gasteiger partial charge in [-0.1, -0.05) is 85.2 Å². The van der Waals surface area contributed by atoms with Crippen molar-refractivity contribution in [3.05, 3.63) is 53.1 Å². The van der Waals surface area contributed by atoms with E-state index in [1.165, 1.54) is 18.3 Å². The Balaban J connectivity index is 1.65. The van der Waals surface area contributed by atoms with Gasteiger partial charge in [0, 0.05) is 5.56 Å². The van der Waals surface area contributed by atoms with Crippen molar-refractivity contribution in [2.45, 2.75) is 121 Å². The van der Waals surface area contributed by atoms with Gasteiger partial charge in [-0.25, -0.2) is 14.1 Å². The van der Waals surface area contributed by atoms with Gasteiger partial charge in [0.1, 0.15) is 23.2 Å². The van der Waals surface area contributed by atoms with Crippen molar-refractivity contribution >= 4 is 55.6 Å². The molecule has 0 radical (unpaired) electrons. The molecule has 0 bridgehead atoms. The summed E-state index contributed by atoms with van der Waals surface area (Å²) in [7, 11) is -12.8. The number of halogens is 5. The highest BCUT2D eigenvalue weighted by atomic mass is 35.5. The van der Waals surface area contributed by atoms with Crippen LogP contribution in [0.4, 0.5) is 23.2 Å². The molecule has 2 saturated heterocycles. The molecule has 5 atom stereocenters. The van der Waals surface area contributed by atoms with Crippen LogP contribution in [0.25, 0.3) is 11.0 Å². The molecule has 1 unspecified atom stereocenters. The molecular formula is C32H45ClF4N4O7SSi2. The van der Waals surface area contributed by atoms with Gasteiger partial charge in [-0.3, -0.25) is 4.18 Å². The van der Waals surface area contributed by atoms with E-state index >= 15 is 0 Å². The molecule has 1 aromatic carbocycles. The number of nitrogens with one attached hydrogen (secondary N) is 1. The molecule has 2 aliphatic heterocycles. The predicted octanol–water partition coefficient (Wildman–Crippen LogP) is 8.49. The molecule has 11 nitrogen and oxygen atoms in total. The smallest absolute Gasteiger partial charge is 0.414 e. The molecule has 0 saturated carbocycles. The van der Waals surface area contributed by atoms with Crippen LogP contribution in [0.1, 0.15) is 80.1 Å². The maximum Gasteiger partial charge on any atom is 0.523 e. The van der Waals surface area contributed by atoms with Gasteiger partial charge < -0.3 is 23.0 Å². The van der Waals surface area contributed by atoms with Crippen LogP contribution in [0.2, 0.25) is 27.3 Å². The van der Waals surface area contributed by atoms with E-state index in [0.29, 0.717) is 16.6 Å². The summed E-state index contributed by atoms with van der Waals surface area (Å²) < 4.78 is 115. The summed E-state index contributed by atoms with van der Waals surface area (Å²) in [6.07, 6.45) is -4.58. The van der Waals surface area contributed by atoms with Crippen molar-refractivity contribution in [1.29, 1.82) is 0 Å². The molecule has 4 heterocycles. The Bertz CT molecular complexity index is 1820. The third kappa shape index (κ3) is 7.36.